The number of rotatable bonds is 6. The van der Waals surface area contributed by atoms with Crippen molar-refractivity contribution in [3.8, 4) is 0 Å². The Kier molecular flexibility index (Phi) is 5.66. The van der Waals surface area contributed by atoms with E-state index in [4.69, 9.17) is 4.74 Å². The first-order valence-electron chi connectivity index (χ1n) is 6.39. The summed E-state index contributed by atoms with van der Waals surface area (Å²) in [7, 11) is 0. The molecule has 0 aliphatic heterocycles. The molecule has 1 unspecified atom stereocenters. The number of aryl methyl sites for hydroxylation is 3. The average Bonchev–Trinajstić information content (AvgIpc) is 2.29. The van der Waals surface area contributed by atoms with Crippen molar-refractivity contribution in [3.05, 3.63) is 34.4 Å². The largest absolute Gasteiger partial charge is 0.388 e. The molecule has 1 N–H and O–H groups in total. The van der Waals surface area contributed by atoms with E-state index in [2.05, 4.69) is 32.9 Å². The highest BCUT2D eigenvalue weighted by molar-refractivity contribution is 5.37. The van der Waals surface area contributed by atoms with Crippen LogP contribution < -0.4 is 0 Å². The molecule has 0 aliphatic rings. The molecule has 0 fully saturated rings. The lowest BCUT2D eigenvalue weighted by Gasteiger charge is -2.16. The molecule has 0 saturated heterocycles. The molecular formula is C15H24O2. The number of aliphatic hydroxyl groups is 1. The number of aliphatic hydroxyl groups excluding tert-OH is 1. The molecule has 0 aromatic heterocycles. The molecule has 1 aromatic carbocycles. The van der Waals surface area contributed by atoms with Crippen molar-refractivity contribution >= 4 is 0 Å². The molecule has 0 heterocycles. The van der Waals surface area contributed by atoms with Crippen LogP contribution in [0, 0.1) is 20.8 Å². The Bertz CT molecular complexity index is 358. The summed E-state index contributed by atoms with van der Waals surface area (Å²) in [6, 6.07) is 4.26. The molecule has 1 atom stereocenters. The van der Waals surface area contributed by atoms with Crippen LogP contribution in [0.5, 0.6) is 0 Å². The number of ether oxygens (including phenoxy) is 1. The van der Waals surface area contributed by atoms with E-state index in [1.165, 1.54) is 16.7 Å². The van der Waals surface area contributed by atoms with Crippen molar-refractivity contribution in [1.29, 1.82) is 0 Å². The van der Waals surface area contributed by atoms with Gasteiger partial charge in [0.15, 0.2) is 0 Å². The fourth-order valence-electron chi connectivity index (χ4n) is 2.02. The Labute approximate surface area is 105 Å². The third kappa shape index (κ3) is 4.14. The van der Waals surface area contributed by atoms with Crippen LogP contribution in [0.15, 0.2) is 12.1 Å². The van der Waals surface area contributed by atoms with Crippen molar-refractivity contribution in [2.45, 2.75) is 46.6 Å². The maximum absolute atomic E-state index is 10.2. The maximum atomic E-state index is 10.2. The van der Waals surface area contributed by atoms with Gasteiger partial charge in [-0.25, -0.2) is 0 Å². The van der Waals surface area contributed by atoms with Gasteiger partial charge in [-0.2, -0.15) is 0 Å². The standard InChI is InChI=1S/C15H24O2/c1-5-17-8-6-7-15(16)14-10-12(3)11(2)9-13(14)4/h9-10,15-16H,5-8H2,1-4H3. The van der Waals surface area contributed by atoms with Crippen molar-refractivity contribution in [2.24, 2.45) is 0 Å². The Morgan fingerprint density at radius 3 is 2.41 bits per heavy atom. The summed E-state index contributed by atoms with van der Waals surface area (Å²) in [6.07, 6.45) is 1.31. The molecule has 96 valence electrons. The van der Waals surface area contributed by atoms with Crippen LogP contribution in [0.1, 0.15) is 48.1 Å². The molecule has 0 aliphatic carbocycles. The summed E-state index contributed by atoms with van der Waals surface area (Å²) in [6.45, 7) is 9.73. The van der Waals surface area contributed by atoms with Crippen LogP contribution in [-0.4, -0.2) is 18.3 Å². The van der Waals surface area contributed by atoms with E-state index >= 15 is 0 Å². The minimum absolute atomic E-state index is 0.366. The van der Waals surface area contributed by atoms with Crippen molar-refractivity contribution < 1.29 is 9.84 Å². The van der Waals surface area contributed by atoms with Crippen LogP contribution in [-0.2, 0) is 4.74 Å². The monoisotopic (exact) mass is 236 g/mol. The van der Waals surface area contributed by atoms with Gasteiger partial charge in [0, 0.05) is 13.2 Å². The summed E-state index contributed by atoms with van der Waals surface area (Å²) in [4.78, 5) is 0. The molecule has 0 radical (unpaired) electrons. The second-order valence-corrected chi connectivity index (χ2v) is 4.65. The van der Waals surface area contributed by atoms with E-state index in [-0.39, 0.29) is 6.10 Å². The number of benzene rings is 1. The first kappa shape index (κ1) is 14.2. The Hall–Kier alpha value is -0.860. The minimum Gasteiger partial charge on any atom is -0.388 e. The molecule has 0 amide bonds. The van der Waals surface area contributed by atoms with Gasteiger partial charge in [-0.05, 0) is 62.8 Å². The summed E-state index contributed by atoms with van der Waals surface area (Å²) < 4.78 is 5.28. The SMILES string of the molecule is CCOCCCC(O)c1cc(C)c(C)cc1C. The molecular weight excluding hydrogens is 212 g/mol. The molecule has 2 nitrogen and oxygen atoms in total. The summed E-state index contributed by atoms with van der Waals surface area (Å²) >= 11 is 0. The van der Waals surface area contributed by atoms with Crippen LogP contribution in [0.4, 0.5) is 0 Å². The van der Waals surface area contributed by atoms with Gasteiger partial charge < -0.3 is 9.84 Å². The highest BCUT2D eigenvalue weighted by Crippen LogP contribution is 2.24. The van der Waals surface area contributed by atoms with E-state index in [0.717, 1.165) is 31.6 Å². The molecule has 1 rings (SSSR count). The van der Waals surface area contributed by atoms with Gasteiger partial charge in [0.2, 0.25) is 0 Å². The van der Waals surface area contributed by atoms with Crippen molar-refractivity contribution in [2.75, 3.05) is 13.2 Å². The van der Waals surface area contributed by atoms with E-state index in [1.807, 2.05) is 6.92 Å². The Balaban J connectivity index is 2.62. The average molecular weight is 236 g/mol. The van der Waals surface area contributed by atoms with E-state index in [9.17, 15) is 5.11 Å². The summed E-state index contributed by atoms with van der Waals surface area (Å²) in [5, 5.41) is 10.2. The zero-order valence-corrected chi connectivity index (χ0v) is 11.4. The van der Waals surface area contributed by atoms with Gasteiger partial charge in [0.1, 0.15) is 0 Å². The third-order valence-corrected chi connectivity index (χ3v) is 3.21. The lowest BCUT2D eigenvalue weighted by Crippen LogP contribution is -2.04. The third-order valence-electron chi connectivity index (χ3n) is 3.21. The van der Waals surface area contributed by atoms with Crippen molar-refractivity contribution in [1.82, 2.24) is 0 Å². The lowest BCUT2D eigenvalue weighted by atomic mass is 9.95. The molecule has 1 aromatic rings. The second-order valence-electron chi connectivity index (χ2n) is 4.65. The van der Waals surface area contributed by atoms with Gasteiger partial charge in [0.25, 0.3) is 0 Å². The molecule has 2 heteroatoms. The van der Waals surface area contributed by atoms with Crippen LogP contribution in [0.2, 0.25) is 0 Å². The molecule has 0 spiro atoms. The van der Waals surface area contributed by atoms with Gasteiger partial charge >= 0.3 is 0 Å². The first-order chi connectivity index (χ1) is 8.06. The highest BCUT2D eigenvalue weighted by atomic mass is 16.5. The molecule has 17 heavy (non-hydrogen) atoms. The smallest absolute Gasteiger partial charge is 0.0793 e. The zero-order valence-electron chi connectivity index (χ0n) is 11.4. The van der Waals surface area contributed by atoms with Gasteiger partial charge in [0.05, 0.1) is 6.10 Å². The minimum atomic E-state index is -0.366. The van der Waals surface area contributed by atoms with Crippen molar-refractivity contribution in [3.63, 3.8) is 0 Å². The maximum Gasteiger partial charge on any atom is 0.0793 e. The lowest BCUT2D eigenvalue weighted by molar-refractivity contribution is 0.114. The fourth-order valence-corrected chi connectivity index (χ4v) is 2.02. The van der Waals surface area contributed by atoms with Gasteiger partial charge in [-0.15, -0.1) is 0 Å². The predicted octanol–water partition coefficient (Wildman–Crippen LogP) is 3.46. The van der Waals surface area contributed by atoms with E-state index < -0.39 is 0 Å². The Morgan fingerprint density at radius 2 is 1.76 bits per heavy atom. The van der Waals surface area contributed by atoms with E-state index in [0.29, 0.717) is 0 Å². The molecule has 0 bridgehead atoms. The number of hydrogen-bond donors (Lipinski definition) is 1. The first-order valence-corrected chi connectivity index (χ1v) is 6.39. The van der Waals surface area contributed by atoms with Crippen LogP contribution >= 0.6 is 0 Å². The molecule has 0 saturated carbocycles. The summed E-state index contributed by atoms with van der Waals surface area (Å²) in [5.41, 5.74) is 4.77. The zero-order chi connectivity index (χ0) is 12.8. The Morgan fingerprint density at radius 1 is 1.12 bits per heavy atom. The highest BCUT2D eigenvalue weighted by Gasteiger charge is 2.11. The summed E-state index contributed by atoms with van der Waals surface area (Å²) in [5.74, 6) is 0. The number of hydrogen-bond acceptors (Lipinski definition) is 2. The second kappa shape index (κ2) is 6.77. The predicted molar refractivity (Wildman–Crippen MR) is 71.3 cm³/mol. The topological polar surface area (TPSA) is 29.5 Å². The quantitative estimate of drug-likeness (QED) is 0.766. The van der Waals surface area contributed by atoms with Gasteiger partial charge in [-0.3, -0.25) is 0 Å². The van der Waals surface area contributed by atoms with Crippen LogP contribution in [0.25, 0.3) is 0 Å². The van der Waals surface area contributed by atoms with E-state index in [1.54, 1.807) is 0 Å². The normalized spacial score (nSPS) is 12.8. The van der Waals surface area contributed by atoms with Crippen LogP contribution in [0.3, 0.4) is 0 Å². The fraction of sp³-hybridized carbons (Fsp3) is 0.600. The van der Waals surface area contributed by atoms with Gasteiger partial charge in [-0.1, -0.05) is 12.1 Å².